The molecule has 0 bridgehead atoms. The van der Waals surface area contributed by atoms with Gasteiger partial charge in [0.25, 0.3) is 0 Å². The Morgan fingerprint density at radius 2 is 2.45 bits per heavy atom. The van der Waals surface area contributed by atoms with Gasteiger partial charge in [0.15, 0.2) is 0 Å². The van der Waals surface area contributed by atoms with E-state index in [1.54, 1.807) is 16.9 Å². The molecule has 4 nitrogen and oxygen atoms in total. The first-order valence-corrected chi connectivity index (χ1v) is 3.57. The summed E-state index contributed by atoms with van der Waals surface area (Å²) in [4.78, 5) is 4.00. The molecule has 2 aromatic rings. The van der Waals surface area contributed by atoms with E-state index in [1.165, 1.54) is 0 Å². The van der Waals surface area contributed by atoms with E-state index in [0.29, 0.717) is 4.77 Å². The molecule has 2 heterocycles. The molecule has 0 radical (unpaired) electrons. The van der Waals surface area contributed by atoms with Crippen LogP contribution in [0.3, 0.4) is 0 Å². The van der Waals surface area contributed by atoms with E-state index in [1.807, 2.05) is 6.92 Å². The Labute approximate surface area is 67.9 Å². The summed E-state index contributed by atoms with van der Waals surface area (Å²) in [5.41, 5.74) is 1.95. The maximum absolute atomic E-state index is 4.96. The van der Waals surface area contributed by atoms with E-state index in [9.17, 15) is 0 Å². The summed E-state index contributed by atoms with van der Waals surface area (Å²) in [6, 6.07) is 0. The topological polar surface area (TPSA) is 46.0 Å². The van der Waals surface area contributed by atoms with Crippen molar-refractivity contribution in [2.45, 2.75) is 6.92 Å². The van der Waals surface area contributed by atoms with Crippen LogP contribution in [0, 0.1) is 11.7 Å². The molecule has 2 aromatic heterocycles. The minimum absolute atomic E-state index is 0.527. The number of nitrogens with zero attached hydrogens (tertiary/aromatic N) is 3. The predicted molar refractivity (Wildman–Crippen MR) is 42.9 cm³/mol. The Bertz CT molecular complexity index is 441. The number of fused-ring (bicyclic) bond motifs is 1. The smallest absolute Gasteiger partial charge is 0.206 e. The summed E-state index contributed by atoms with van der Waals surface area (Å²) in [5.74, 6) is 0. The molecule has 5 heteroatoms. The number of aromatic amines is 1. The Kier molecular flexibility index (Phi) is 1.25. The molecule has 0 aliphatic rings. The first-order valence-electron chi connectivity index (χ1n) is 3.16. The molecule has 0 saturated heterocycles. The lowest BCUT2D eigenvalue weighted by Gasteiger charge is -1.93. The second-order valence-corrected chi connectivity index (χ2v) is 2.66. The monoisotopic (exact) mass is 166 g/mol. The Balaban J connectivity index is 3.08. The molecule has 0 amide bonds. The van der Waals surface area contributed by atoms with Crippen molar-refractivity contribution in [2.75, 3.05) is 0 Å². The minimum Gasteiger partial charge on any atom is -0.261 e. The summed E-state index contributed by atoms with van der Waals surface area (Å²) < 4.78 is 2.27. The van der Waals surface area contributed by atoms with E-state index < -0.39 is 0 Å². The van der Waals surface area contributed by atoms with E-state index in [4.69, 9.17) is 12.2 Å². The highest BCUT2D eigenvalue weighted by Gasteiger charge is 1.97. The third-order valence-electron chi connectivity index (χ3n) is 1.53. The van der Waals surface area contributed by atoms with Gasteiger partial charge in [0.1, 0.15) is 12.0 Å². The van der Waals surface area contributed by atoms with Crippen LogP contribution >= 0.6 is 12.2 Å². The van der Waals surface area contributed by atoms with E-state index in [0.717, 1.165) is 11.2 Å². The van der Waals surface area contributed by atoms with Crippen molar-refractivity contribution >= 4 is 17.9 Å². The first-order chi connectivity index (χ1) is 5.29. The van der Waals surface area contributed by atoms with Gasteiger partial charge in [-0.3, -0.25) is 9.50 Å². The van der Waals surface area contributed by atoms with Gasteiger partial charge in [-0.25, -0.2) is 4.98 Å². The lowest BCUT2D eigenvalue weighted by molar-refractivity contribution is 1.03. The van der Waals surface area contributed by atoms with Crippen LogP contribution in [0.1, 0.15) is 5.56 Å². The van der Waals surface area contributed by atoms with Gasteiger partial charge in [0, 0.05) is 11.8 Å². The van der Waals surface area contributed by atoms with Gasteiger partial charge in [0.05, 0.1) is 0 Å². The van der Waals surface area contributed by atoms with E-state index >= 15 is 0 Å². The molecule has 0 unspecified atom stereocenters. The van der Waals surface area contributed by atoms with Crippen LogP contribution < -0.4 is 0 Å². The first kappa shape index (κ1) is 6.48. The van der Waals surface area contributed by atoms with Crippen LogP contribution in [0.2, 0.25) is 0 Å². The van der Waals surface area contributed by atoms with Gasteiger partial charge in [-0.2, -0.15) is 5.10 Å². The van der Waals surface area contributed by atoms with Crippen LogP contribution in [0.15, 0.2) is 12.5 Å². The molecule has 0 saturated carbocycles. The average Bonchev–Trinajstić information content (AvgIpc) is 2.45. The van der Waals surface area contributed by atoms with Gasteiger partial charge in [0.2, 0.25) is 4.77 Å². The maximum atomic E-state index is 4.96. The zero-order chi connectivity index (χ0) is 7.84. The van der Waals surface area contributed by atoms with Crippen molar-refractivity contribution in [3.8, 4) is 0 Å². The zero-order valence-electron chi connectivity index (χ0n) is 5.90. The fourth-order valence-corrected chi connectivity index (χ4v) is 1.15. The van der Waals surface area contributed by atoms with Gasteiger partial charge >= 0.3 is 0 Å². The zero-order valence-corrected chi connectivity index (χ0v) is 6.72. The number of rotatable bonds is 0. The highest BCUT2D eigenvalue weighted by Crippen LogP contribution is 2.03. The van der Waals surface area contributed by atoms with Gasteiger partial charge < -0.3 is 0 Å². The third kappa shape index (κ3) is 0.848. The molecule has 0 aliphatic carbocycles. The van der Waals surface area contributed by atoms with Crippen LogP contribution in [-0.2, 0) is 0 Å². The average molecular weight is 166 g/mol. The van der Waals surface area contributed by atoms with Gasteiger partial charge in [-0.05, 0) is 19.1 Å². The Morgan fingerprint density at radius 3 is 3.18 bits per heavy atom. The summed E-state index contributed by atoms with van der Waals surface area (Å²) in [5, 5.41) is 6.69. The van der Waals surface area contributed by atoms with Crippen molar-refractivity contribution in [3.05, 3.63) is 22.9 Å². The van der Waals surface area contributed by atoms with Crippen molar-refractivity contribution in [1.82, 2.24) is 19.6 Å². The second kappa shape index (κ2) is 2.13. The number of aromatic nitrogens is 4. The third-order valence-corrected chi connectivity index (χ3v) is 1.83. The normalized spacial score (nSPS) is 10.6. The highest BCUT2D eigenvalue weighted by molar-refractivity contribution is 7.71. The molecule has 1 N–H and O–H groups in total. The standard InChI is InChI=1S/C6H6N4S/c1-4-2-7-6(11)10-3-8-9-5(4)10/h2-3,9H,1H3. The quantitative estimate of drug-likeness (QED) is 0.596. The fourth-order valence-electron chi connectivity index (χ4n) is 0.958. The summed E-state index contributed by atoms with van der Waals surface area (Å²) >= 11 is 4.96. The number of hydrogen-bond acceptors (Lipinski definition) is 3. The van der Waals surface area contributed by atoms with Crippen molar-refractivity contribution in [3.63, 3.8) is 0 Å². The fraction of sp³-hybridized carbons (Fsp3) is 0.167. The molecule has 0 atom stereocenters. The van der Waals surface area contributed by atoms with Crippen molar-refractivity contribution in [2.24, 2.45) is 0 Å². The summed E-state index contributed by atoms with van der Waals surface area (Å²) in [6.45, 7) is 1.95. The number of hydrogen-bond donors (Lipinski definition) is 1. The molecular weight excluding hydrogens is 160 g/mol. The highest BCUT2D eigenvalue weighted by atomic mass is 32.1. The largest absolute Gasteiger partial charge is 0.261 e. The van der Waals surface area contributed by atoms with E-state index in [2.05, 4.69) is 15.2 Å². The lowest BCUT2D eigenvalue weighted by atomic mass is 10.4. The van der Waals surface area contributed by atoms with Crippen LogP contribution in [0.25, 0.3) is 5.65 Å². The van der Waals surface area contributed by atoms with Crippen molar-refractivity contribution < 1.29 is 0 Å². The van der Waals surface area contributed by atoms with Gasteiger partial charge in [-0.15, -0.1) is 0 Å². The SMILES string of the molecule is Cc1cnc(=S)n2cn[nH]c12. The number of nitrogens with one attached hydrogen (secondary N) is 1. The molecule has 56 valence electrons. The summed E-state index contributed by atoms with van der Waals surface area (Å²) in [7, 11) is 0. The Morgan fingerprint density at radius 1 is 1.64 bits per heavy atom. The maximum Gasteiger partial charge on any atom is 0.206 e. The molecule has 0 spiro atoms. The molecule has 2 rings (SSSR count). The minimum atomic E-state index is 0.527. The van der Waals surface area contributed by atoms with Crippen molar-refractivity contribution in [1.29, 1.82) is 0 Å². The Hall–Kier alpha value is -1.23. The van der Waals surface area contributed by atoms with Crippen LogP contribution in [0.5, 0.6) is 0 Å². The van der Waals surface area contributed by atoms with Crippen LogP contribution in [0.4, 0.5) is 0 Å². The lowest BCUT2D eigenvalue weighted by Crippen LogP contribution is -1.91. The molecule has 0 aliphatic heterocycles. The second-order valence-electron chi connectivity index (χ2n) is 2.30. The van der Waals surface area contributed by atoms with Gasteiger partial charge in [-0.1, -0.05) is 0 Å². The molecule has 0 fully saturated rings. The van der Waals surface area contributed by atoms with E-state index in [-0.39, 0.29) is 0 Å². The number of aryl methyl sites for hydroxylation is 1. The molecule has 0 aromatic carbocycles. The number of H-pyrrole nitrogens is 1. The molecular formula is C6H6N4S. The van der Waals surface area contributed by atoms with Crippen LogP contribution in [-0.4, -0.2) is 19.6 Å². The summed E-state index contributed by atoms with van der Waals surface area (Å²) in [6.07, 6.45) is 3.35. The predicted octanol–water partition coefficient (Wildman–Crippen LogP) is 1.10. The molecule has 11 heavy (non-hydrogen) atoms.